The number of hydrogen-bond donors (Lipinski definition) is 1. The Morgan fingerprint density at radius 3 is 3.00 bits per heavy atom. The summed E-state index contributed by atoms with van der Waals surface area (Å²) in [6, 6.07) is 2.15. The molecule has 0 saturated carbocycles. The Labute approximate surface area is 85.5 Å². The van der Waals surface area contributed by atoms with Gasteiger partial charge in [0.1, 0.15) is 0 Å². The highest BCUT2D eigenvalue weighted by Crippen LogP contribution is 2.13. The molecule has 2 heterocycles. The topological polar surface area (TPSA) is 29.9 Å². The maximum Gasteiger partial charge on any atom is 0.0596 e. The first-order chi connectivity index (χ1) is 6.75. The lowest BCUT2D eigenvalue weighted by atomic mass is 10.00. The maximum absolute atomic E-state index is 4.49. The summed E-state index contributed by atoms with van der Waals surface area (Å²) in [5.74, 6) is 0.766. The lowest BCUT2D eigenvalue weighted by Crippen LogP contribution is -2.32. The molecule has 14 heavy (non-hydrogen) atoms. The zero-order valence-electron chi connectivity index (χ0n) is 9.08. The molecule has 78 valence electrons. The normalized spacial score (nSPS) is 22.6. The van der Waals surface area contributed by atoms with Crippen molar-refractivity contribution in [2.75, 3.05) is 13.1 Å². The van der Waals surface area contributed by atoms with Gasteiger partial charge in [0.2, 0.25) is 0 Å². The average Bonchev–Trinajstić information content (AvgIpc) is 2.47. The number of nitrogens with zero attached hydrogens (tertiary/aromatic N) is 2. The summed E-state index contributed by atoms with van der Waals surface area (Å²) in [5, 5.41) is 7.93. The smallest absolute Gasteiger partial charge is 0.0596 e. The van der Waals surface area contributed by atoms with Crippen LogP contribution in [0.2, 0.25) is 0 Å². The SMILES string of the molecule is Cc1cc(C)n(C[C@@H]2CCCNC2)n1. The minimum atomic E-state index is 0.766. The Hall–Kier alpha value is -0.830. The van der Waals surface area contributed by atoms with Crippen molar-refractivity contribution in [2.24, 2.45) is 5.92 Å². The van der Waals surface area contributed by atoms with Crippen LogP contribution in [0.3, 0.4) is 0 Å². The van der Waals surface area contributed by atoms with Gasteiger partial charge < -0.3 is 5.32 Å². The van der Waals surface area contributed by atoms with Gasteiger partial charge in [0.05, 0.1) is 5.69 Å². The van der Waals surface area contributed by atoms with Crippen molar-refractivity contribution in [3.8, 4) is 0 Å². The van der Waals surface area contributed by atoms with Crippen molar-refractivity contribution >= 4 is 0 Å². The van der Waals surface area contributed by atoms with Gasteiger partial charge >= 0.3 is 0 Å². The third kappa shape index (κ3) is 2.15. The first-order valence-electron chi connectivity index (χ1n) is 5.47. The van der Waals surface area contributed by atoms with Crippen LogP contribution in [0.15, 0.2) is 6.07 Å². The van der Waals surface area contributed by atoms with Crippen LogP contribution < -0.4 is 5.32 Å². The minimum absolute atomic E-state index is 0.766. The van der Waals surface area contributed by atoms with Crippen molar-refractivity contribution in [2.45, 2.75) is 33.2 Å². The van der Waals surface area contributed by atoms with Crippen molar-refractivity contribution in [3.05, 3.63) is 17.5 Å². The molecule has 1 saturated heterocycles. The molecule has 1 aromatic rings. The van der Waals surface area contributed by atoms with Crippen LogP contribution in [0.5, 0.6) is 0 Å². The number of aromatic nitrogens is 2. The molecule has 0 aromatic carbocycles. The van der Waals surface area contributed by atoms with E-state index < -0.39 is 0 Å². The molecule has 1 N–H and O–H groups in total. The minimum Gasteiger partial charge on any atom is -0.316 e. The Morgan fingerprint density at radius 1 is 1.57 bits per heavy atom. The number of rotatable bonds is 2. The van der Waals surface area contributed by atoms with Crippen molar-refractivity contribution < 1.29 is 0 Å². The summed E-state index contributed by atoms with van der Waals surface area (Å²) >= 11 is 0. The molecule has 1 aromatic heterocycles. The molecule has 3 nitrogen and oxygen atoms in total. The van der Waals surface area contributed by atoms with E-state index in [1.54, 1.807) is 0 Å². The fourth-order valence-electron chi connectivity index (χ4n) is 2.18. The lowest BCUT2D eigenvalue weighted by Gasteiger charge is -2.23. The monoisotopic (exact) mass is 193 g/mol. The predicted octanol–water partition coefficient (Wildman–Crippen LogP) is 1.50. The van der Waals surface area contributed by atoms with Crippen LogP contribution in [0, 0.1) is 19.8 Å². The Bertz CT molecular complexity index is 297. The van der Waals surface area contributed by atoms with Crippen LogP contribution in [-0.2, 0) is 6.54 Å². The molecular weight excluding hydrogens is 174 g/mol. The van der Waals surface area contributed by atoms with Crippen LogP contribution in [-0.4, -0.2) is 22.9 Å². The Morgan fingerprint density at radius 2 is 2.43 bits per heavy atom. The van der Waals surface area contributed by atoms with Crippen molar-refractivity contribution in [1.82, 2.24) is 15.1 Å². The van der Waals surface area contributed by atoms with Crippen LogP contribution >= 0.6 is 0 Å². The largest absolute Gasteiger partial charge is 0.316 e. The number of aryl methyl sites for hydroxylation is 2. The molecule has 0 radical (unpaired) electrons. The van der Waals surface area contributed by atoms with Gasteiger partial charge in [-0.1, -0.05) is 0 Å². The van der Waals surface area contributed by atoms with E-state index in [2.05, 4.69) is 35.0 Å². The highest BCUT2D eigenvalue weighted by atomic mass is 15.3. The summed E-state index contributed by atoms with van der Waals surface area (Å²) in [6.45, 7) is 7.61. The molecule has 1 aliphatic heterocycles. The fourth-order valence-corrected chi connectivity index (χ4v) is 2.18. The molecule has 2 rings (SSSR count). The Kier molecular flexibility index (Phi) is 2.87. The van der Waals surface area contributed by atoms with Gasteiger partial charge in [-0.2, -0.15) is 5.10 Å². The molecule has 0 spiro atoms. The average molecular weight is 193 g/mol. The Balaban J connectivity index is 1.98. The second-order valence-corrected chi connectivity index (χ2v) is 4.32. The zero-order chi connectivity index (χ0) is 9.97. The van der Waals surface area contributed by atoms with Gasteiger partial charge in [0.25, 0.3) is 0 Å². The molecule has 1 aliphatic rings. The van der Waals surface area contributed by atoms with Gasteiger partial charge in [-0.3, -0.25) is 4.68 Å². The second-order valence-electron chi connectivity index (χ2n) is 4.32. The fraction of sp³-hybridized carbons (Fsp3) is 0.727. The van der Waals surface area contributed by atoms with Gasteiger partial charge in [0, 0.05) is 12.2 Å². The number of nitrogens with one attached hydrogen (secondary N) is 1. The van der Waals surface area contributed by atoms with E-state index in [1.807, 2.05) is 0 Å². The van der Waals surface area contributed by atoms with E-state index in [1.165, 1.54) is 25.1 Å². The van der Waals surface area contributed by atoms with Crippen LogP contribution in [0.4, 0.5) is 0 Å². The van der Waals surface area contributed by atoms with Gasteiger partial charge in [-0.25, -0.2) is 0 Å². The van der Waals surface area contributed by atoms with Gasteiger partial charge in [-0.05, 0) is 51.8 Å². The second kappa shape index (κ2) is 4.13. The summed E-state index contributed by atoms with van der Waals surface area (Å²) in [4.78, 5) is 0. The summed E-state index contributed by atoms with van der Waals surface area (Å²) in [6.07, 6.45) is 2.65. The molecule has 3 heteroatoms. The van der Waals surface area contributed by atoms with E-state index in [0.29, 0.717) is 0 Å². The first kappa shape index (κ1) is 9.71. The van der Waals surface area contributed by atoms with Crippen molar-refractivity contribution in [3.63, 3.8) is 0 Å². The highest BCUT2D eigenvalue weighted by molar-refractivity contribution is 5.06. The van der Waals surface area contributed by atoms with E-state index in [9.17, 15) is 0 Å². The molecule has 1 fully saturated rings. The quantitative estimate of drug-likeness (QED) is 0.771. The van der Waals surface area contributed by atoms with Crippen molar-refractivity contribution in [1.29, 1.82) is 0 Å². The lowest BCUT2D eigenvalue weighted by molar-refractivity contribution is 0.322. The summed E-state index contributed by atoms with van der Waals surface area (Å²) < 4.78 is 2.15. The number of piperidine rings is 1. The predicted molar refractivity (Wildman–Crippen MR) is 57.3 cm³/mol. The van der Waals surface area contributed by atoms with Crippen LogP contribution in [0.1, 0.15) is 24.2 Å². The van der Waals surface area contributed by atoms with Gasteiger partial charge in [0.15, 0.2) is 0 Å². The molecule has 0 aliphatic carbocycles. The molecule has 1 atom stereocenters. The molecule has 0 bridgehead atoms. The third-order valence-corrected chi connectivity index (χ3v) is 2.93. The zero-order valence-corrected chi connectivity index (χ0v) is 9.08. The molecule has 0 unspecified atom stereocenters. The van der Waals surface area contributed by atoms with E-state index in [-0.39, 0.29) is 0 Å². The summed E-state index contributed by atoms with van der Waals surface area (Å²) in [5.41, 5.74) is 2.42. The van der Waals surface area contributed by atoms with E-state index >= 15 is 0 Å². The third-order valence-electron chi connectivity index (χ3n) is 2.93. The van der Waals surface area contributed by atoms with Gasteiger partial charge in [-0.15, -0.1) is 0 Å². The van der Waals surface area contributed by atoms with E-state index in [4.69, 9.17) is 0 Å². The maximum atomic E-state index is 4.49. The van der Waals surface area contributed by atoms with Crippen LogP contribution in [0.25, 0.3) is 0 Å². The highest BCUT2D eigenvalue weighted by Gasteiger charge is 2.14. The molecule has 0 amide bonds. The molecular formula is C11H19N3. The first-order valence-corrected chi connectivity index (χ1v) is 5.47. The summed E-state index contributed by atoms with van der Waals surface area (Å²) in [7, 11) is 0. The standard InChI is InChI=1S/C11H19N3/c1-9-6-10(2)14(13-9)8-11-4-3-5-12-7-11/h6,11-12H,3-5,7-8H2,1-2H3/t11-/m1/s1. The number of hydrogen-bond acceptors (Lipinski definition) is 2. The van der Waals surface area contributed by atoms with E-state index in [0.717, 1.165) is 24.7 Å².